The molecule has 0 heterocycles. The van der Waals surface area contributed by atoms with Crippen molar-refractivity contribution < 1.29 is 14.6 Å². The van der Waals surface area contributed by atoms with Crippen molar-refractivity contribution in [3.05, 3.63) is 29.3 Å². The van der Waals surface area contributed by atoms with Crippen LogP contribution in [0.3, 0.4) is 0 Å². The first kappa shape index (κ1) is 15.7. The van der Waals surface area contributed by atoms with Gasteiger partial charge in [0.15, 0.2) is 0 Å². The van der Waals surface area contributed by atoms with Crippen LogP contribution in [0, 0.1) is 0 Å². The molecular weight excluding hydrogens is 242 g/mol. The lowest BCUT2D eigenvalue weighted by molar-refractivity contribution is -0.138. The van der Waals surface area contributed by atoms with Crippen LogP contribution in [0.1, 0.15) is 18.1 Å². The molecule has 5 heteroatoms. The minimum absolute atomic E-state index is 0. The third kappa shape index (κ3) is 4.24. The Hall–Kier alpha value is -1.26. The first-order valence-electron chi connectivity index (χ1n) is 5.22. The predicted molar refractivity (Wildman–Crippen MR) is 68.9 cm³/mol. The molecule has 0 aliphatic rings. The van der Waals surface area contributed by atoms with Crippen LogP contribution in [0.4, 0.5) is 0 Å². The number of carbonyl (C=O) groups is 1. The molecule has 0 aliphatic carbocycles. The van der Waals surface area contributed by atoms with Crippen molar-refractivity contribution in [2.45, 2.75) is 25.8 Å². The molecule has 0 bridgehead atoms. The van der Waals surface area contributed by atoms with Crippen molar-refractivity contribution in [3.63, 3.8) is 0 Å². The van der Waals surface area contributed by atoms with Gasteiger partial charge in [-0.05, 0) is 36.1 Å². The van der Waals surface area contributed by atoms with Crippen LogP contribution in [0.25, 0.3) is 0 Å². The molecule has 1 aromatic carbocycles. The number of nitrogens with two attached hydrogens (primary N) is 1. The summed E-state index contributed by atoms with van der Waals surface area (Å²) in [5, 5.41) is 8.76. The van der Waals surface area contributed by atoms with E-state index in [1.165, 1.54) is 0 Å². The normalized spacial score (nSPS) is 11.5. The highest BCUT2D eigenvalue weighted by Gasteiger charge is 2.14. The molecule has 17 heavy (non-hydrogen) atoms. The summed E-state index contributed by atoms with van der Waals surface area (Å²) in [6, 6.07) is 4.77. The van der Waals surface area contributed by atoms with Crippen molar-refractivity contribution in [2.75, 3.05) is 7.11 Å². The summed E-state index contributed by atoms with van der Waals surface area (Å²) in [5.41, 5.74) is 7.56. The van der Waals surface area contributed by atoms with E-state index in [0.29, 0.717) is 6.42 Å². The first-order valence-corrected chi connectivity index (χ1v) is 5.22. The number of hydrogen-bond donors (Lipinski definition) is 2. The number of ether oxygens (including phenoxy) is 1. The van der Waals surface area contributed by atoms with E-state index in [9.17, 15) is 4.79 Å². The average molecular weight is 260 g/mol. The van der Waals surface area contributed by atoms with Crippen LogP contribution in [0.15, 0.2) is 18.2 Å². The van der Waals surface area contributed by atoms with Crippen LogP contribution in [0.5, 0.6) is 5.75 Å². The third-order valence-corrected chi connectivity index (χ3v) is 2.55. The third-order valence-electron chi connectivity index (χ3n) is 2.55. The van der Waals surface area contributed by atoms with Crippen LogP contribution in [0.2, 0.25) is 0 Å². The van der Waals surface area contributed by atoms with Gasteiger partial charge in [-0.3, -0.25) is 4.79 Å². The van der Waals surface area contributed by atoms with E-state index in [0.717, 1.165) is 23.3 Å². The minimum atomic E-state index is -0.974. The maximum absolute atomic E-state index is 10.7. The molecule has 1 rings (SSSR count). The lowest BCUT2D eigenvalue weighted by Crippen LogP contribution is -2.32. The number of benzene rings is 1. The molecule has 96 valence electrons. The topological polar surface area (TPSA) is 72.5 Å². The first-order chi connectivity index (χ1) is 7.58. The molecule has 3 N–H and O–H groups in total. The highest BCUT2D eigenvalue weighted by molar-refractivity contribution is 5.85. The molecule has 0 aliphatic heterocycles. The maximum atomic E-state index is 10.7. The molecule has 4 nitrogen and oxygen atoms in total. The Balaban J connectivity index is 0.00000256. The van der Waals surface area contributed by atoms with E-state index in [4.69, 9.17) is 15.6 Å². The average Bonchev–Trinajstić information content (AvgIpc) is 2.29. The number of rotatable bonds is 5. The lowest BCUT2D eigenvalue weighted by atomic mass is 9.98. The van der Waals surface area contributed by atoms with Crippen molar-refractivity contribution in [1.82, 2.24) is 0 Å². The molecule has 0 radical (unpaired) electrons. The fraction of sp³-hybridized carbons (Fsp3) is 0.417. The largest absolute Gasteiger partial charge is 0.497 e. The van der Waals surface area contributed by atoms with Gasteiger partial charge in [-0.1, -0.05) is 13.0 Å². The fourth-order valence-electron chi connectivity index (χ4n) is 1.58. The van der Waals surface area contributed by atoms with Gasteiger partial charge in [0, 0.05) is 0 Å². The summed E-state index contributed by atoms with van der Waals surface area (Å²) < 4.78 is 5.12. The van der Waals surface area contributed by atoms with Crippen LogP contribution >= 0.6 is 12.4 Å². The quantitative estimate of drug-likeness (QED) is 0.843. The Morgan fingerprint density at radius 2 is 2.12 bits per heavy atom. The Kier molecular flexibility index (Phi) is 6.61. The number of hydrogen-bond acceptors (Lipinski definition) is 3. The van der Waals surface area contributed by atoms with Gasteiger partial charge in [-0.15, -0.1) is 12.4 Å². The predicted octanol–water partition coefficient (Wildman–Crippen LogP) is 1.63. The van der Waals surface area contributed by atoms with Crippen LogP contribution < -0.4 is 10.5 Å². The van der Waals surface area contributed by atoms with Gasteiger partial charge in [0.05, 0.1) is 7.11 Å². The monoisotopic (exact) mass is 259 g/mol. The molecular formula is C12H18ClNO3. The Morgan fingerprint density at radius 1 is 1.47 bits per heavy atom. The SMILES string of the molecule is CCc1cc(OC)ccc1CC(N)C(=O)O.Cl. The second kappa shape index (κ2) is 7.14. The summed E-state index contributed by atoms with van der Waals surface area (Å²) in [4.78, 5) is 10.7. The van der Waals surface area contributed by atoms with E-state index < -0.39 is 12.0 Å². The van der Waals surface area contributed by atoms with Crippen LogP contribution in [-0.4, -0.2) is 24.2 Å². The summed E-state index contributed by atoms with van der Waals surface area (Å²) in [6.07, 6.45) is 1.18. The lowest BCUT2D eigenvalue weighted by Gasteiger charge is -2.12. The van der Waals surface area contributed by atoms with Crippen molar-refractivity contribution in [2.24, 2.45) is 5.73 Å². The molecule has 1 atom stereocenters. The zero-order chi connectivity index (χ0) is 12.1. The number of aryl methyl sites for hydroxylation is 1. The zero-order valence-electron chi connectivity index (χ0n) is 9.97. The maximum Gasteiger partial charge on any atom is 0.320 e. The van der Waals surface area contributed by atoms with Gasteiger partial charge >= 0.3 is 5.97 Å². The Morgan fingerprint density at radius 3 is 2.59 bits per heavy atom. The van der Waals surface area contributed by atoms with Crippen molar-refractivity contribution in [3.8, 4) is 5.75 Å². The van der Waals surface area contributed by atoms with E-state index in [1.54, 1.807) is 7.11 Å². The Labute approximate surface area is 107 Å². The summed E-state index contributed by atoms with van der Waals surface area (Å²) in [6.45, 7) is 2.02. The molecule has 0 aromatic heterocycles. The van der Waals surface area contributed by atoms with Gasteiger partial charge in [0.1, 0.15) is 11.8 Å². The van der Waals surface area contributed by atoms with Gasteiger partial charge in [-0.25, -0.2) is 0 Å². The molecule has 1 unspecified atom stereocenters. The van der Waals surface area contributed by atoms with Gasteiger partial charge in [0.2, 0.25) is 0 Å². The number of carboxylic acids is 1. The zero-order valence-corrected chi connectivity index (χ0v) is 10.8. The van der Waals surface area contributed by atoms with Crippen molar-refractivity contribution in [1.29, 1.82) is 0 Å². The van der Waals surface area contributed by atoms with E-state index in [-0.39, 0.29) is 12.4 Å². The van der Waals surface area contributed by atoms with Gasteiger partial charge in [0.25, 0.3) is 0 Å². The smallest absolute Gasteiger partial charge is 0.320 e. The Bertz CT molecular complexity index is 382. The van der Waals surface area contributed by atoms with E-state index in [2.05, 4.69) is 0 Å². The molecule has 0 spiro atoms. The van der Waals surface area contributed by atoms with Gasteiger partial charge < -0.3 is 15.6 Å². The van der Waals surface area contributed by atoms with E-state index >= 15 is 0 Å². The highest BCUT2D eigenvalue weighted by atomic mass is 35.5. The highest BCUT2D eigenvalue weighted by Crippen LogP contribution is 2.19. The fourth-order valence-corrected chi connectivity index (χ4v) is 1.58. The molecule has 1 aromatic rings. The number of aliphatic carboxylic acids is 1. The molecule has 0 saturated carbocycles. The number of methoxy groups -OCH3 is 1. The summed E-state index contributed by atoms with van der Waals surface area (Å²) >= 11 is 0. The van der Waals surface area contributed by atoms with E-state index in [1.807, 2.05) is 25.1 Å². The molecule has 0 fully saturated rings. The summed E-state index contributed by atoms with van der Waals surface area (Å²) in [5.74, 6) is -0.192. The number of carboxylic acid groups (broad SMARTS) is 1. The minimum Gasteiger partial charge on any atom is -0.497 e. The summed E-state index contributed by atoms with van der Waals surface area (Å²) in [7, 11) is 1.61. The number of halogens is 1. The second-order valence-electron chi connectivity index (χ2n) is 3.64. The van der Waals surface area contributed by atoms with Gasteiger partial charge in [-0.2, -0.15) is 0 Å². The molecule has 0 saturated heterocycles. The molecule has 0 amide bonds. The standard InChI is InChI=1S/C12H17NO3.ClH/c1-3-8-6-10(16-2)5-4-9(8)7-11(13)12(14)15;/h4-6,11H,3,7,13H2,1-2H3,(H,14,15);1H. The van der Waals surface area contributed by atoms with Crippen molar-refractivity contribution >= 4 is 18.4 Å². The second-order valence-corrected chi connectivity index (χ2v) is 3.64. The van der Waals surface area contributed by atoms with Crippen LogP contribution in [-0.2, 0) is 17.6 Å².